The average molecular weight is 148 g/mol. The van der Waals surface area contributed by atoms with Gasteiger partial charge in [0, 0.05) is 7.05 Å². The molecule has 2 heteroatoms. The Hall–Kier alpha value is -1.18. The highest BCUT2D eigenvalue weighted by atomic mass is 15.3. The van der Waals surface area contributed by atoms with Gasteiger partial charge in [-0.05, 0) is 19.1 Å². The lowest BCUT2D eigenvalue weighted by molar-refractivity contribution is 0.806. The van der Waals surface area contributed by atoms with Crippen LogP contribution in [0.1, 0.15) is 6.92 Å². The molecule has 0 aromatic heterocycles. The Kier molecular flexibility index (Phi) is 1.28. The minimum atomic E-state index is 0.424. The molecule has 1 aromatic carbocycles. The molecular weight excluding hydrogens is 136 g/mol. The Bertz CT molecular complexity index is 270. The Morgan fingerprint density at radius 3 is 2.82 bits per heavy atom. The summed E-state index contributed by atoms with van der Waals surface area (Å²) in [5, 5.41) is 3.37. The van der Waals surface area contributed by atoms with Crippen LogP contribution in [0.2, 0.25) is 0 Å². The van der Waals surface area contributed by atoms with Crippen LogP contribution in [0, 0.1) is 0 Å². The molecule has 1 aliphatic heterocycles. The van der Waals surface area contributed by atoms with Crippen molar-refractivity contribution in [3.8, 4) is 0 Å². The summed E-state index contributed by atoms with van der Waals surface area (Å²) in [7, 11) is 2.10. The van der Waals surface area contributed by atoms with Crippen molar-refractivity contribution < 1.29 is 0 Å². The number of para-hydroxylation sites is 2. The molecule has 1 aromatic rings. The summed E-state index contributed by atoms with van der Waals surface area (Å²) in [5.74, 6) is 0. The zero-order chi connectivity index (χ0) is 7.84. The number of hydrogen-bond acceptors (Lipinski definition) is 2. The van der Waals surface area contributed by atoms with Crippen molar-refractivity contribution in [2.24, 2.45) is 0 Å². The van der Waals surface area contributed by atoms with Crippen LogP contribution in [0.3, 0.4) is 0 Å². The van der Waals surface area contributed by atoms with Gasteiger partial charge < -0.3 is 10.2 Å². The van der Waals surface area contributed by atoms with Crippen molar-refractivity contribution in [2.45, 2.75) is 13.1 Å². The van der Waals surface area contributed by atoms with Gasteiger partial charge in [-0.15, -0.1) is 0 Å². The highest BCUT2D eigenvalue weighted by Gasteiger charge is 2.19. The standard InChI is InChI=1S/C9H12N2/c1-7-10-8-5-3-4-6-9(8)11(7)2/h3-7,10H,1-2H3/t7-/m0/s1. The number of nitrogens with zero attached hydrogens (tertiary/aromatic N) is 1. The molecule has 0 unspecified atom stereocenters. The first-order chi connectivity index (χ1) is 5.29. The van der Waals surface area contributed by atoms with Crippen molar-refractivity contribution in [3.63, 3.8) is 0 Å². The largest absolute Gasteiger partial charge is 0.364 e. The van der Waals surface area contributed by atoms with Crippen LogP contribution in [0.4, 0.5) is 11.4 Å². The Labute approximate surface area is 66.8 Å². The van der Waals surface area contributed by atoms with E-state index in [2.05, 4.69) is 48.5 Å². The normalized spacial score (nSPS) is 21.3. The van der Waals surface area contributed by atoms with Crippen LogP contribution < -0.4 is 10.2 Å². The van der Waals surface area contributed by atoms with Crippen molar-refractivity contribution in [2.75, 3.05) is 17.3 Å². The lowest BCUT2D eigenvalue weighted by Crippen LogP contribution is -2.28. The smallest absolute Gasteiger partial charge is 0.0959 e. The molecular formula is C9H12N2. The minimum absolute atomic E-state index is 0.424. The maximum atomic E-state index is 3.37. The second kappa shape index (κ2) is 2.16. The summed E-state index contributed by atoms with van der Waals surface area (Å²) in [6.07, 6.45) is 0.424. The number of hydrogen-bond donors (Lipinski definition) is 1. The monoisotopic (exact) mass is 148 g/mol. The predicted octanol–water partition coefficient (Wildman–Crippen LogP) is 1.89. The third-order valence-electron chi connectivity index (χ3n) is 2.23. The van der Waals surface area contributed by atoms with Crippen molar-refractivity contribution in [3.05, 3.63) is 24.3 Å². The number of nitrogens with one attached hydrogen (secondary N) is 1. The van der Waals surface area contributed by atoms with Crippen LogP contribution >= 0.6 is 0 Å². The molecule has 1 heterocycles. The Morgan fingerprint density at radius 2 is 2.09 bits per heavy atom. The van der Waals surface area contributed by atoms with Gasteiger partial charge >= 0.3 is 0 Å². The highest BCUT2D eigenvalue weighted by Crippen LogP contribution is 2.32. The molecule has 0 saturated heterocycles. The molecule has 2 nitrogen and oxygen atoms in total. The number of fused-ring (bicyclic) bond motifs is 1. The summed E-state index contributed by atoms with van der Waals surface area (Å²) in [4.78, 5) is 2.23. The predicted molar refractivity (Wildman–Crippen MR) is 47.9 cm³/mol. The van der Waals surface area contributed by atoms with Gasteiger partial charge in [0.25, 0.3) is 0 Å². The van der Waals surface area contributed by atoms with Gasteiger partial charge in [-0.1, -0.05) is 12.1 Å². The zero-order valence-corrected chi connectivity index (χ0v) is 6.83. The maximum absolute atomic E-state index is 3.37. The Balaban J connectivity index is 2.47. The molecule has 1 aliphatic rings. The first-order valence-electron chi connectivity index (χ1n) is 3.87. The lowest BCUT2D eigenvalue weighted by atomic mass is 10.3. The van der Waals surface area contributed by atoms with E-state index < -0.39 is 0 Å². The van der Waals surface area contributed by atoms with Gasteiger partial charge in [0.2, 0.25) is 0 Å². The van der Waals surface area contributed by atoms with Crippen LogP contribution in [0.5, 0.6) is 0 Å². The van der Waals surface area contributed by atoms with Gasteiger partial charge in [-0.25, -0.2) is 0 Å². The molecule has 0 spiro atoms. The second-order valence-corrected chi connectivity index (χ2v) is 2.95. The molecule has 0 amide bonds. The van der Waals surface area contributed by atoms with Gasteiger partial charge in [-0.2, -0.15) is 0 Å². The van der Waals surface area contributed by atoms with Gasteiger partial charge in [0.15, 0.2) is 0 Å². The molecule has 58 valence electrons. The van der Waals surface area contributed by atoms with E-state index in [4.69, 9.17) is 0 Å². The SMILES string of the molecule is C[C@H]1Nc2ccccc2N1C. The van der Waals surface area contributed by atoms with Gasteiger partial charge in [-0.3, -0.25) is 0 Å². The summed E-state index contributed by atoms with van der Waals surface area (Å²) in [6.45, 7) is 2.15. The maximum Gasteiger partial charge on any atom is 0.0959 e. The third kappa shape index (κ3) is 0.862. The van der Waals surface area contributed by atoms with Gasteiger partial charge in [0.1, 0.15) is 0 Å². The molecule has 0 aliphatic carbocycles. The fraction of sp³-hybridized carbons (Fsp3) is 0.333. The topological polar surface area (TPSA) is 15.3 Å². The van der Waals surface area contributed by atoms with E-state index in [1.807, 2.05) is 0 Å². The molecule has 11 heavy (non-hydrogen) atoms. The van der Waals surface area contributed by atoms with E-state index in [-0.39, 0.29) is 0 Å². The van der Waals surface area contributed by atoms with E-state index in [9.17, 15) is 0 Å². The molecule has 0 fully saturated rings. The number of rotatable bonds is 0. The summed E-state index contributed by atoms with van der Waals surface area (Å²) in [6, 6.07) is 8.36. The minimum Gasteiger partial charge on any atom is -0.364 e. The number of anilines is 2. The first-order valence-corrected chi connectivity index (χ1v) is 3.87. The van der Waals surface area contributed by atoms with Gasteiger partial charge in [0.05, 0.1) is 17.5 Å². The fourth-order valence-corrected chi connectivity index (χ4v) is 1.43. The van der Waals surface area contributed by atoms with Crippen LogP contribution in [0.25, 0.3) is 0 Å². The molecule has 1 atom stereocenters. The quantitative estimate of drug-likeness (QED) is 0.604. The van der Waals surface area contributed by atoms with Crippen LogP contribution in [-0.4, -0.2) is 13.2 Å². The van der Waals surface area contributed by atoms with E-state index in [0.29, 0.717) is 6.17 Å². The molecule has 1 N–H and O–H groups in total. The summed E-state index contributed by atoms with van der Waals surface area (Å²) >= 11 is 0. The zero-order valence-electron chi connectivity index (χ0n) is 6.83. The van der Waals surface area contributed by atoms with E-state index in [0.717, 1.165) is 0 Å². The highest BCUT2D eigenvalue weighted by molar-refractivity contribution is 5.75. The Morgan fingerprint density at radius 1 is 1.36 bits per heavy atom. The average Bonchev–Trinajstić information content (AvgIpc) is 2.30. The summed E-state index contributed by atoms with van der Waals surface area (Å²) < 4.78 is 0. The summed E-state index contributed by atoms with van der Waals surface area (Å²) in [5.41, 5.74) is 2.53. The van der Waals surface area contributed by atoms with E-state index >= 15 is 0 Å². The fourth-order valence-electron chi connectivity index (χ4n) is 1.43. The van der Waals surface area contributed by atoms with E-state index in [1.165, 1.54) is 11.4 Å². The van der Waals surface area contributed by atoms with Crippen molar-refractivity contribution >= 4 is 11.4 Å². The number of benzene rings is 1. The second-order valence-electron chi connectivity index (χ2n) is 2.95. The first kappa shape index (κ1) is 6.53. The van der Waals surface area contributed by atoms with Crippen molar-refractivity contribution in [1.82, 2.24) is 0 Å². The lowest BCUT2D eigenvalue weighted by Gasteiger charge is -2.16. The van der Waals surface area contributed by atoms with Crippen LogP contribution in [0.15, 0.2) is 24.3 Å². The molecule has 0 radical (unpaired) electrons. The molecule has 0 saturated carbocycles. The van der Waals surface area contributed by atoms with Crippen LogP contribution in [-0.2, 0) is 0 Å². The molecule has 0 bridgehead atoms. The third-order valence-corrected chi connectivity index (χ3v) is 2.23. The van der Waals surface area contributed by atoms with Crippen molar-refractivity contribution in [1.29, 1.82) is 0 Å². The molecule has 2 rings (SSSR count). The van der Waals surface area contributed by atoms with E-state index in [1.54, 1.807) is 0 Å².